The number of benzene rings is 2. The molecular formula is C23H25Cl2N5O3. The van der Waals surface area contributed by atoms with Gasteiger partial charge in [-0.1, -0.05) is 29.6 Å². The molecular weight excluding hydrogens is 465 g/mol. The minimum absolute atomic E-state index is 0.198. The maximum Gasteiger partial charge on any atom is 0.326 e. The average Bonchev–Trinajstić information content (AvgIpc) is 3.04. The monoisotopic (exact) mass is 489 g/mol. The number of nitrogens with zero attached hydrogens (tertiary/aromatic N) is 4. The summed E-state index contributed by atoms with van der Waals surface area (Å²) < 4.78 is 13.1. The number of ether oxygens (including phenoxy) is 2. The molecule has 2 heterocycles. The van der Waals surface area contributed by atoms with E-state index in [-0.39, 0.29) is 12.6 Å². The van der Waals surface area contributed by atoms with Crippen LogP contribution in [0.1, 0.15) is 30.9 Å². The summed E-state index contributed by atoms with van der Waals surface area (Å²) in [6, 6.07) is 9.84. The van der Waals surface area contributed by atoms with E-state index in [2.05, 4.69) is 20.1 Å². The number of anilines is 2. The average molecular weight is 490 g/mol. The summed E-state index contributed by atoms with van der Waals surface area (Å²) >= 11 is 12.2. The molecule has 0 unspecified atom stereocenters. The Morgan fingerprint density at radius 2 is 1.91 bits per heavy atom. The number of carbonyl (C=O) groups is 1. The Labute approximate surface area is 202 Å². The first-order valence-corrected chi connectivity index (χ1v) is 11.4. The second kappa shape index (κ2) is 10.3. The van der Waals surface area contributed by atoms with Gasteiger partial charge in [0, 0.05) is 24.7 Å². The largest absolute Gasteiger partial charge is 0.497 e. The van der Waals surface area contributed by atoms with Crippen molar-refractivity contribution in [2.24, 2.45) is 0 Å². The second-order valence-corrected chi connectivity index (χ2v) is 8.49. The highest BCUT2D eigenvalue weighted by Gasteiger charge is 2.25. The van der Waals surface area contributed by atoms with Crippen molar-refractivity contribution in [3.05, 3.63) is 58.1 Å². The Balaban J connectivity index is 1.72. The van der Waals surface area contributed by atoms with Gasteiger partial charge in [-0.05, 0) is 43.2 Å². The fourth-order valence-electron chi connectivity index (χ4n) is 3.84. The van der Waals surface area contributed by atoms with E-state index in [1.54, 1.807) is 55.5 Å². The van der Waals surface area contributed by atoms with Crippen LogP contribution in [0.5, 0.6) is 11.5 Å². The number of rotatable bonds is 6. The minimum atomic E-state index is -0.383. The molecule has 0 saturated heterocycles. The summed E-state index contributed by atoms with van der Waals surface area (Å²) in [5.74, 6) is 2.78. The van der Waals surface area contributed by atoms with Crippen molar-refractivity contribution in [1.29, 1.82) is 0 Å². The van der Waals surface area contributed by atoms with Gasteiger partial charge in [-0.15, -0.1) is 10.2 Å². The summed E-state index contributed by atoms with van der Waals surface area (Å²) in [5.41, 5.74) is 1.06. The van der Waals surface area contributed by atoms with Crippen LogP contribution in [0, 0.1) is 0 Å². The summed E-state index contributed by atoms with van der Waals surface area (Å²) in [6.45, 7) is 1.03. The van der Waals surface area contributed by atoms with Crippen molar-refractivity contribution in [3.8, 4) is 11.5 Å². The number of nitrogens with one attached hydrogen (secondary N) is 1. The molecule has 0 aliphatic carbocycles. The summed E-state index contributed by atoms with van der Waals surface area (Å²) in [7, 11) is 3.13. The molecule has 0 radical (unpaired) electrons. The lowest BCUT2D eigenvalue weighted by Gasteiger charge is -2.25. The van der Waals surface area contributed by atoms with Crippen LogP contribution in [-0.2, 0) is 19.5 Å². The third-order valence-electron chi connectivity index (χ3n) is 5.58. The van der Waals surface area contributed by atoms with Gasteiger partial charge in [0.1, 0.15) is 17.3 Å². The SMILES string of the molecule is COc1ccc(OC)c(N(Cc2nnc3n2CCCCC3)C(=O)Nc2ccc(Cl)c(Cl)c2)c1. The molecule has 1 aliphatic heterocycles. The highest BCUT2D eigenvalue weighted by atomic mass is 35.5. The number of halogens is 2. The van der Waals surface area contributed by atoms with Gasteiger partial charge in [-0.2, -0.15) is 0 Å². The van der Waals surface area contributed by atoms with E-state index in [4.69, 9.17) is 32.7 Å². The minimum Gasteiger partial charge on any atom is -0.497 e. The third-order valence-corrected chi connectivity index (χ3v) is 6.32. The van der Waals surface area contributed by atoms with Crippen molar-refractivity contribution in [1.82, 2.24) is 14.8 Å². The first-order valence-electron chi connectivity index (χ1n) is 10.7. The number of methoxy groups -OCH3 is 2. The standard InChI is InChI=1S/C23H25Cl2N5O3/c1-32-16-8-10-20(33-2)19(13-16)30(23(31)26-15-7-9-17(24)18(25)12-15)14-22-28-27-21-6-4-3-5-11-29(21)22/h7-10,12-13H,3-6,11,14H2,1-2H3,(H,26,31). The van der Waals surface area contributed by atoms with Crippen LogP contribution in [0.4, 0.5) is 16.2 Å². The van der Waals surface area contributed by atoms with E-state index < -0.39 is 0 Å². The van der Waals surface area contributed by atoms with Crippen molar-refractivity contribution < 1.29 is 14.3 Å². The molecule has 1 aliphatic rings. The summed E-state index contributed by atoms with van der Waals surface area (Å²) in [4.78, 5) is 15.1. The smallest absolute Gasteiger partial charge is 0.326 e. The fourth-order valence-corrected chi connectivity index (χ4v) is 4.14. The Morgan fingerprint density at radius 3 is 2.67 bits per heavy atom. The predicted octanol–water partition coefficient (Wildman–Crippen LogP) is 5.57. The first kappa shape index (κ1) is 23.2. The molecule has 0 fully saturated rings. The molecule has 8 nitrogen and oxygen atoms in total. The zero-order chi connectivity index (χ0) is 23.4. The highest BCUT2D eigenvalue weighted by Crippen LogP contribution is 2.34. The molecule has 2 aromatic carbocycles. The highest BCUT2D eigenvalue weighted by molar-refractivity contribution is 6.42. The van der Waals surface area contributed by atoms with Gasteiger partial charge in [-0.3, -0.25) is 4.90 Å². The molecule has 1 N–H and O–H groups in total. The van der Waals surface area contributed by atoms with Gasteiger partial charge in [0.2, 0.25) is 0 Å². The molecule has 33 heavy (non-hydrogen) atoms. The van der Waals surface area contributed by atoms with Gasteiger partial charge in [0.05, 0.1) is 36.5 Å². The maximum atomic E-state index is 13.5. The number of hydrogen-bond donors (Lipinski definition) is 1. The van der Waals surface area contributed by atoms with Crippen LogP contribution in [0.2, 0.25) is 10.0 Å². The van der Waals surface area contributed by atoms with Crippen molar-refractivity contribution >= 4 is 40.6 Å². The van der Waals surface area contributed by atoms with Crippen LogP contribution in [0.15, 0.2) is 36.4 Å². The van der Waals surface area contributed by atoms with Crippen LogP contribution < -0.4 is 19.7 Å². The van der Waals surface area contributed by atoms with Gasteiger partial charge in [0.15, 0.2) is 5.82 Å². The fraction of sp³-hybridized carbons (Fsp3) is 0.348. The lowest BCUT2D eigenvalue weighted by atomic mass is 10.2. The molecule has 4 rings (SSSR count). The number of urea groups is 1. The van der Waals surface area contributed by atoms with E-state index in [0.717, 1.165) is 38.1 Å². The molecule has 3 aromatic rings. The number of carbonyl (C=O) groups excluding carboxylic acids is 1. The van der Waals surface area contributed by atoms with Gasteiger partial charge in [-0.25, -0.2) is 4.79 Å². The van der Waals surface area contributed by atoms with E-state index in [9.17, 15) is 4.79 Å². The zero-order valence-electron chi connectivity index (χ0n) is 18.5. The lowest BCUT2D eigenvalue weighted by Crippen LogP contribution is -2.36. The Hall–Kier alpha value is -2.97. The summed E-state index contributed by atoms with van der Waals surface area (Å²) in [6.07, 6.45) is 4.17. The molecule has 0 spiro atoms. The van der Waals surface area contributed by atoms with Crippen LogP contribution in [0.25, 0.3) is 0 Å². The van der Waals surface area contributed by atoms with Crippen molar-refractivity contribution in [2.75, 3.05) is 24.4 Å². The van der Waals surface area contributed by atoms with Crippen LogP contribution in [0.3, 0.4) is 0 Å². The summed E-state index contributed by atoms with van der Waals surface area (Å²) in [5, 5.41) is 12.4. The van der Waals surface area contributed by atoms with E-state index >= 15 is 0 Å². The van der Waals surface area contributed by atoms with E-state index in [0.29, 0.717) is 38.7 Å². The normalized spacial score (nSPS) is 13.1. The molecule has 0 atom stereocenters. The van der Waals surface area contributed by atoms with Crippen LogP contribution in [-0.4, -0.2) is 35.0 Å². The van der Waals surface area contributed by atoms with Gasteiger partial charge >= 0.3 is 6.03 Å². The topological polar surface area (TPSA) is 81.5 Å². The van der Waals surface area contributed by atoms with E-state index in [1.165, 1.54) is 0 Å². The third kappa shape index (κ3) is 5.17. The van der Waals surface area contributed by atoms with Crippen molar-refractivity contribution in [3.63, 3.8) is 0 Å². The molecule has 10 heteroatoms. The molecule has 0 bridgehead atoms. The predicted molar refractivity (Wildman–Crippen MR) is 129 cm³/mol. The Morgan fingerprint density at radius 1 is 1.06 bits per heavy atom. The molecule has 1 aromatic heterocycles. The molecule has 2 amide bonds. The second-order valence-electron chi connectivity index (χ2n) is 7.68. The number of amides is 2. The number of hydrogen-bond acceptors (Lipinski definition) is 5. The number of aryl methyl sites for hydroxylation is 1. The lowest BCUT2D eigenvalue weighted by molar-refractivity contribution is 0.256. The van der Waals surface area contributed by atoms with Crippen LogP contribution >= 0.6 is 23.2 Å². The van der Waals surface area contributed by atoms with E-state index in [1.807, 2.05) is 0 Å². The van der Waals surface area contributed by atoms with Gasteiger partial charge in [0.25, 0.3) is 0 Å². The maximum absolute atomic E-state index is 13.5. The zero-order valence-corrected chi connectivity index (χ0v) is 20.0. The number of fused-ring (bicyclic) bond motifs is 1. The Kier molecular flexibility index (Phi) is 7.25. The Bertz CT molecular complexity index is 1150. The molecule has 174 valence electrons. The molecule has 0 saturated carbocycles. The first-order chi connectivity index (χ1) is 16.0. The van der Waals surface area contributed by atoms with Crippen molar-refractivity contribution in [2.45, 2.75) is 38.8 Å². The quantitative estimate of drug-likeness (QED) is 0.489. The van der Waals surface area contributed by atoms with Gasteiger partial charge < -0.3 is 19.4 Å². The number of aromatic nitrogens is 3.